The number of Topliss-reactive ketones (excluding diaryl/α,β-unsaturated/α-hetero) is 1. The second kappa shape index (κ2) is 6.29. The van der Waals surface area contributed by atoms with Gasteiger partial charge in [0.1, 0.15) is 0 Å². The van der Waals surface area contributed by atoms with E-state index < -0.39 is 0 Å². The number of carbonyl (C=O) groups is 1. The van der Waals surface area contributed by atoms with Gasteiger partial charge in [0.05, 0.1) is 5.69 Å². The number of aryl methyl sites for hydroxylation is 3. The van der Waals surface area contributed by atoms with Gasteiger partial charge in [-0.05, 0) is 44.0 Å². The van der Waals surface area contributed by atoms with E-state index >= 15 is 0 Å². The number of ketones is 1. The first kappa shape index (κ1) is 14.2. The lowest BCUT2D eigenvalue weighted by Crippen LogP contribution is -1.99. The Labute approximate surface area is 120 Å². The molecule has 20 heavy (non-hydrogen) atoms. The number of aliphatic imine (C=N–C) groups is 1. The van der Waals surface area contributed by atoms with E-state index in [0.717, 1.165) is 16.8 Å². The molecule has 0 saturated carbocycles. The minimum atomic E-state index is 0.0950. The minimum Gasteiger partial charge on any atom is -0.294 e. The standard InChI is InChI=1S/C18H19NO/c1-13-4-7-16(8-5-13)18(20)10-11-19-17-9-6-14(2)15(3)12-17/h4-9,11-12H,10H2,1-3H3. The molecule has 0 saturated heterocycles. The zero-order valence-corrected chi connectivity index (χ0v) is 12.2. The normalized spacial score (nSPS) is 10.9. The monoisotopic (exact) mass is 265 g/mol. The summed E-state index contributed by atoms with van der Waals surface area (Å²) in [5.74, 6) is 0.0950. The highest BCUT2D eigenvalue weighted by Gasteiger charge is 2.03. The third-order valence-corrected chi connectivity index (χ3v) is 3.38. The number of hydrogen-bond acceptors (Lipinski definition) is 2. The SMILES string of the molecule is Cc1ccc(C(=O)CC=Nc2ccc(C)c(C)c2)cc1. The Hall–Kier alpha value is -2.22. The molecule has 2 aromatic carbocycles. The fraction of sp³-hybridized carbons (Fsp3) is 0.222. The van der Waals surface area contributed by atoms with Crippen LogP contribution < -0.4 is 0 Å². The van der Waals surface area contributed by atoms with Crippen molar-refractivity contribution in [3.8, 4) is 0 Å². The third-order valence-electron chi connectivity index (χ3n) is 3.38. The van der Waals surface area contributed by atoms with Crippen molar-refractivity contribution in [2.75, 3.05) is 0 Å². The molecular formula is C18H19NO. The Kier molecular flexibility index (Phi) is 4.46. The molecule has 0 aliphatic carbocycles. The Morgan fingerprint density at radius 2 is 1.70 bits per heavy atom. The lowest BCUT2D eigenvalue weighted by molar-refractivity contribution is 0.100. The molecule has 0 aliphatic rings. The zero-order chi connectivity index (χ0) is 14.5. The Bertz CT molecular complexity index is 639. The first-order valence-electron chi connectivity index (χ1n) is 6.76. The van der Waals surface area contributed by atoms with Gasteiger partial charge in [-0.25, -0.2) is 0 Å². The van der Waals surface area contributed by atoms with Crippen LogP contribution in [0.25, 0.3) is 0 Å². The molecule has 0 atom stereocenters. The molecule has 2 heteroatoms. The topological polar surface area (TPSA) is 29.4 Å². The summed E-state index contributed by atoms with van der Waals surface area (Å²) in [5, 5.41) is 0. The van der Waals surface area contributed by atoms with Crippen molar-refractivity contribution in [1.29, 1.82) is 0 Å². The van der Waals surface area contributed by atoms with Crippen LogP contribution in [0.1, 0.15) is 33.5 Å². The van der Waals surface area contributed by atoms with Gasteiger partial charge in [0.25, 0.3) is 0 Å². The zero-order valence-electron chi connectivity index (χ0n) is 12.2. The lowest BCUT2D eigenvalue weighted by atomic mass is 10.1. The quantitative estimate of drug-likeness (QED) is 0.587. The van der Waals surface area contributed by atoms with Crippen molar-refractivity contribution in [1.82, 2.24) is 0 Å². The van der Waals surface area contributed by atoms with E-state index in [2.05, 4.69) is 18.8 Å². The molecule has 0 aromatic heterocycles. The van der Waals surface area contributed by atoms with E-state index in [1.807, 2.05) is 49.4 Å². The maximum atomic E-state index is 12.0. The third kappa shape index (κ3) is 3.64. The van der Waals surface area contributed by atoms with Crippen LogP contribution in [0.15, 0.2) is 47.5 Å². The van der Waals surface area contributed by atoms with Crippen LogP contribution >= 0.6 is 0 Å². The Morgan fingerprint density at radius 3 is 2.35 bits per heavy atom. The molecule has 2 rings (SSSR count). The summed E-state index contributed by atoms with van der Waals surface area (Å²) < 4.78 is 0. The molecule has 0 radical (unpaired) electrons. The molecule has 0 unspecified atom stereocenters. The fourth-order valence-electron chi connectivity index (χ4n) is 1.90. The molecular weight excluding hydrogens is 246 g/mol. The molecule has 0 amide bonds. The molecule has 0 bridgehead atoms. The lowest BCUT2D eigenvalue weighted by Gasteiger charge is -2.01. The highest BCUT2D eigenvalue weighted by atomic mass is 16.1. The van der Waals surface area contributed by atoms with Crippen LogP contribution in [0.2, 0.25) is 0 Å². The minimum absolute atomic E-state index is 0.0950. The molecule has 102 valence electrons. The van der Waals surface area contributed by atoms with Crippen molar-refractivity contribution >= 4 is 17.7 Å². The van der Waals surface area contributed by atoms with E-state index in [-0.39, 0.29) is 5.78 Å². The van der Waals surface area contributed by atoms with E-state index in [9.17, 15) is 4.79 Å². The van der Waals surface area contributed by atoms with E-state index in [4.69, 9.17) is 0 Å². The molecule has 0 fully saturated rings. The number of benzene rings is 2. The summed E-state index contributed by atoms with van der Waals surface area (Å²) in [7, 11) is 0. The number of rotatable bonds is 4. The fourth-order valence-corrected chi connectivity index (χ4v) is 1.90. The second-order valence-electron chi connectivity index (χ2n) is 5.07. The second-order valence-corrected chi connectivity index (χ2v) is 5.07. The highest BCUT2D eigenvalue weighted by molar-refractivity contribution is 6.03. The summed E-state index contributed by atoms with van der Waals surface area (Å²) in [6, 6.07) is 13.7. The average Bonchev–Trinajstić information content (AvgIpc) is 2.43. The van der Waals surface area contributed by atoms with Gasteiger partial charge in [-0.2, -0.15) is 0 Å². The van der Waals surface area contributed by atoms with Gasteiger partial charge < -0.3 is 0 Å². The summed E-state index contributed by atoms with van der Waals surface area (Å²) in [4.78, 5) is 16.3. The average molecular weight is 265 g/mol. The molecule has 2 aromatic rings. The summed E-state index contributed by atoms with van der Waals surface area (Å²) in [6.07, 6.45) is 2.02. The van der Waals surface area contributed by atoms with Gasteiger partial charge in [-0.1, -0.05) is 35.9 Å². The van der Waals surface area contributed by atoms with Crippen molar-refractivity contribution in [3.63, 3.8) is 0 Å². The Morgan fingerprint density at radius 1 is 1.00 bits per heavy atom. The number of nitrogens with zero attached hydrogens (tertiary/aromatic N) is 1. The predicted molar refractivity (Wildman–Crippen MR) is 84.2 cm³/mol. The Balaban J connectivity index is 2.00. The molecule has 0 N–H and O–H groups in total. The van der Waals surface area contributed by atoms with Gasteiger partial charge in [0, 0.05) is 18.2 Å². The van der Waals surface area contributed by atoms with E-state index in [0.29, 0.717) is 6.42 Å². The smallest absolute Gasteiger partial charge is 0.168 e. The highest BCUT2D eigenvalue weighted by Crippen LogP contribution is 2.16. The van der Waals surface area contributed by atoms with Crippen molar-refractivity contribution in [2.24, 2.45) is 4.99 Å². The molecule has 0 aliphatic heterocycles. The van der Waals surface area contributed by atoms with Crippen molar-refractivity contribution < 1.29 is 4.79 Å². The molecule has 2 nitrogen and oxygen atoms in total. The summed E-state index contributed by atoms with van der Waals surface area (Å²) in [5.41, 5.74) is 5.25. The van der Waals surface area contributed by atoms with Crippen molar-refractivity contribution in [2.45, 2.75) is 27.2 Å². The largest absolute Gasteiger partial charge is 0.294 e. The van der Waals surface area contributed by atoms with Gasteiger partial charge in [0.15, 0.2) is 5.78 Å². The summed E-state index contributed by atoms with van der Waals surface area (Å²) >= 11 is 0. The van der Waals surface area contributed by atoms with E-state index in [1.54, 1.807) is 6.21 Å². The first-order chi connectivity index (χ1) is 9.56. The van der Waals surface area contributed by atoms with Crippen LogP contribution in [-0.4, -0.2) is 12.0 Å². The summed E-state index contributed by atoms with van der Waals surface area (Å²) in [6.45, 7) is 6.14. The number of carbonyl (C=O) groups excluding carboxylic acids is 1. The van der Waals surface area contributed by atoms with Gasteiger partial charge in [-0.3, -0.25) is 9.79 Å². The van der Waals surface area contributed by atoms with Gasteiger partial charge in [-0.15, -0.1) is 0 Å². The van der Waals surface area contributed by atoms with Gasteiger partial charge in [0.2, 0.25) is 0 Å². The number of hydrogen-bond donors (Lipinski definition) is 0. The van der Waals surface area contributed by atoms with Crippen LogP contribution in [0.5, 0.6) is 0 Å². The van der Waals surface area contributed by atoms with Crippen molar-refractivity contribution in [3.05, 3.63) is 64.7 Å². The van der Waals surface area contributed by atoms with Crippen LogP contribution in [0.4, 0.5) is 5.69 Å². The van der Waals surface area contributed by atoms with E-state index in [1.165, 1.54) is 11.1 Å². The first-order valence-corrected chi connectivity index (χ1v) is 6.76. The van der Waals surface area contributed by atoms with Crippen LogP contribution in [0, 0.1) is 20.8 Å². The maximum absolute atomic E-state index is 12.0. The van der Waals surface area contributed by atoms with Crippen LogP contribution in [-0.2, 0) is 0 Å². The molecule has 0 spiro atoms. The van der Waals surface area contributed by atoms with Gasteiger partial charge >= 0.3 is 0 Å². The molecule has 0 heterocycles. The predicted octanol–water partition coefficient (Wildman–Crippen LogP) is 4.59. The maximum Gasteiger partial charge on any atom is 0.168 e. The van der Waals surface area contributed by atoms with Crippen LogP contribution in [0.3, 0.4) is 0 Å².